The molecule has 1 saturated carbocycles. The van der Waals surface area contributed by atoms with Crippen molar-refractivity contribution >= 4 is 10.8 Å². The lowest BCUT2D eigenvalue weighted by Gasteiger charge is -2.28. The summed E-state index contributed by atoms with van der Waals surface area (Å²) in [4.78, 5) is 3.41. The maximum Gasteiger partial charge on any atom is 0.117 e. The number of rotatable bonds is 6. The molecule has 3 nitrogen and oxygen atoms in total. The van der Waals surface area contributed by atoms with E-state index in [0.29, 0.717) is 6.04 Å². The molecule has 0 radical (unpaired) electrons. The van der Waals surface area contributed by atoms with Crippen molar-refractivity contribution in [1.82, 2.24) is 4.90 Å². The first-order chi connectivity index (χ1) is 10.7. The van der Waals surface area contributed by atoms with Gasteiger partial charge in [0, 0.05) is 34.5 Å². The van der Waals surface area contributed by atoms with Crippen molar-refractivity contribution < 1.29 is 8.63 Å². The SMILES string of the molecule is CS(=O)c1ccc(CN(Cc2ccco2)C2CCCC2)cc1. The van der Waals surface area contributed by atoms with E-state index in [4.69, 9.17) is 4.42 Å². The summed E-state index contributed by atoms with van der Waals surface area (Å²) >= 11 is 0. The molecule has 0 bridgehead atoms. The Labute approximate surface area is 134 Å². The summed E-state index contributed by atoms with van der Waals surface area (Å²) < 4.78 is 17.0. The standard InChI is InChI=1S/C18H23NO2S/c1-22(20)18-10-8-15(9-11-18)13-19(16-5-2-3-6-16)14-17-7-4-12-21-17/h4,7-12,16H,2-3,5-6,13-14H2,1H3. The van der Waals surface area contributed by atoms with E-state index in [0.717, 1.165) is 23.7 Å². The molecule has 1 aromatic carbocycles. The molecule has 0 aliphatic heterocycles. The van der Waals surface area contributed by atoms with Crippen LogP contribution < -0.4 is 0 Å². The molecule has 1 aliphatic carbocycles. The third-order valence-electron chi connectivity index (χ3n) is 4.42. The Balaban J connectivity index is 1.72. The van der Waals surface area contributed by atoms with Gasteiger partial charge in [-0.05, 0) is 42.7 Å². The van der Waals surface area contributed by atoms with Gasteiger partial charge in [0.05, 0.1) is 12.8 Å². The Hall–Kier alpha value is -1.39. The Morgan fingerprint density at radius 3 is 2.45 bits per heavy atom. The summed E-state index contributed by atoms with van der Waals surface area (Å²) in [5, 5.41) is 0. The summed E-state index contributed by atoms with van der Waals surface area (Å²) in [6, 6.07) is 12.8. The molecule has 118 valence electrons. The van der Waals surface area contributed by atoms with Crippen LogP contribution in [-0.4, -0.2) is 21.4 Å². The Bertz CT molecular complexity index is 601. The second kappa shape index (κ2) is 7.25. The van der Waals surface area contributed by atoms with Crippen LogP contribution in [0.1, 0.15) is 37.0 Å². The maximum absolute atomic E-state index is 11.5. The van der Waals surface area contributed by atoms with Crippen LogP contribution in [0.2, 0.25) is 0 Å². The minimum absolute atomic E-state index is 0.644. The van der Waals surface area contributed by atoms with E-state index in [9.17, 15) is 4.21 Å². The molecule has 0 spiro atoms. The zero-order valence-corrected chi connectivity index (χ0v) is 13.8. The van der Waals surface area contributed by atoms with E-state index >= 15 is 0 Å². The molecule has 0 amide bonds. The van der Waals surface area contributed by atoms with E-state index in [1.54, 1.807) is 12.5 Å². The van der Waals surface area contributed by atoms with Crippen LogP contribution in [0.5, 0.6) is 0 Å². The fourth-order valence-corrected chi connectivity index (χ4v) is 3.73. The monoisotopic (exact) mass is 317 g/mol. The molecule has 1 fully saturated rings. The number of furan rings is 1. The highest BCUT2D eigenvalue weighted by Gasteiger charge is 2.23. The van der Waals surface area contributed by atoms with E-state index in [1.165, 1.54) is 31.2 Å². The predicted molar refractivity (Wildman–Crippen MR) is 89.0 cm³/mol. The van der Waals surface area contributed by atoms with Gasteiger partial charge in [0.2, 0.25) is 0 Å². The van der Waals surface area contributed by atoms with Gasteiger partial charge in [-0.3, -0.25) is 9.11 Å². The lowest BCUT2D eigenvalue weighted by molar-refractivity contribution is 0.167. The van der Waals surface area contributed by atoms with Crippen molar-refractivity contribution in [3.8, 4) is 0 Å². The lowest BCUT2D eigenvalue weighted by Crippen LogP contribution is -2.32. The third-order valence-corrected chi connectivity index (χ3v) is 5.36. The zero-order chi connectivity index (χ0) is 15.4. The molecular formula is C18H23NO2S. The van der Waals surface area contributed by atoms with Crippen LogP contribution in [0.4, 0.5) is 0 Å². The van der Waals surface area contributed by atoms with Crippen LogP contribution in [0.15, 0.2) is 52.0 Å². The van der Waals surface area contributed by atoms with Crippen LogP contribution >= 0.6 is 0 Å². The fraction of sp³-hybridized carbons (Fsp3) is 0.444. The van der Waals surface area contributed by atoms with Crippen LogP contribution in [0.25, 0.3) is 0 Å². The molecule has 0 N–H and O–H groups in total. The van der Waals surface area contributed by atoms with E-state index < -0.39 is 10.8 Å². The average Bonchev–Trinajstić information content (AvgIpc) is 3.20. The topological polar surface area (TPSA) is 33.5 Å². The molecule has 1 unspecified atom stereocenters. The summed E-state index contributed by atoms with van der Waals surface area (Å²) in [6.45, 7) is 1.78. The van der Waals surface area contributed by atoms with Crippen molar-refractivity contribution in [2.45, 2.75) is 49.7 Å². The van der Waals surface area contributed by atoms with Crippen LogP contribution in [0, 0.1) is 0 Å². The van der Waals surface area contributed by atoms with Crippen molar-refractivity contribution in [2.75, 3.05) is 6.26 Å². The first kappa shape index (κ1) is 15.5. The minimum atomic E-state index is -0.907. The van der Waals surface area contributed by atoms with Crippen LogP contribution in [0.3, 0.4) is 0 Å². The lowest BCUT2D eigenvalue weighted by atomic mass is 10.1. The number of hydrogen-bond acceptors (Lipinski definition) is 3. The Morgan fingerprint density at radius 2 is 1.86 bits per heavy atom. The molecule has 0 saturated heterocycles. The van der Waals surface area contributed by atoms with Gasteiger partial charge in [-0.25, -0.2) is 0 Å². The molecule has 1 aromatic heterocycles. The Morgan fingerprint density at radius 1 is 1.14 bits per heavy atom. The summed E-state index contributed by atoms with van der Waals surface area (Å²) in [7, 11) is -0.907. The van der Waals surface area contributed by atoms with Crippen molar-refractivity contribution in [3.05, 3.63) is 54.0 Å². The van der Waals surface area contributed by atoms with Crippen molar-refractivity contribution in [1.29, 1.82) is 0 Å². The van der Waals surface area contributed by atoms with Gasteiger partial charge < -0.3 is 4.42 Å². The van der Waals surface area contributed by atoms with Gasteiger partial charge in [-0.15, -0.1) is 0 Å². The quantitative estimate of drug-likeness (QED) is 0.808. The van der Waals surface area contributed by atoms with E-state index in [2.05, 4.69) is 17.0 Å². The van der Waals surface area contributed by atoms with Gasteiger partial charge >= 0.3 is 0 Å². The molecule has 3 rings (SSSR count). The van der Waals surface area contributed by atoms with Gasteiger partial charge in [0.15, 0.2) is 0 Å². The molecular weight excluding hydrogens is 294 g/mol. The smallest absolute Gasteiger partial charge is 0.117 e. The highest BCUT2D eigenvalue weighted by molar-refractivity contribution is 7.84. The van der Waals surface area contributed by atoms with Gasteiger partial charge in [-0.1, -0.05) is 25.0 Å². The largest absolute Gasteiger partial charge is 0.468 e. The molecule has 4 heteroatoms. The highest BCUT2D eigenvalue weighted by Crippen LogP contribution is 2.26. The molecule has 1 atom stereocenters. The number of nitrogens with zero attached hydrogens (tertiary/aromatic N) is 1. The Kier molecular flexibility index (Phi) is 5.11. The minimum Gasteiger partial charge on any atom is -0.468 e. The molecule has 2 aromatic rings. The number of benzene rings is 1. The van der Waals surface area contributed by atoms with E-state index in [-0.39, 0.29) is 0 Å². The van der Waals surface area contributed by atoms with E-state index in [1.807, 2.05) is 24.3 Å². The third kappa shape index (κ3) is 3.87. The number of hydrogen-bond donors (Lipinski definition) is 0. The highest BCUT2D eigenvalue weighted by atomic mass is 32.2. The molecule has 22 heavy (non-hydrogen) atoms. The summed E-state index contributed by atoms with van der Waals surface area (Å²) in [5.74, 6) is 1.03. The van der Waals surface area contributed by atoms with Crippen molar-refractivity contribution in [2.24, 2.45) is 0 Å². The van der Waals surface area contributed by atoms with Crippen LogP contribution in [-0.2, 0) is 23.9 Å². The molecule has 1 heterocycles. The van der Waals surface area contributed by atoms with Gasteiger partial charge in [-0.2, -0.15) is 0 Å². The van der Waals surface area contributed by atoms with Gasteiger partial charge in [0.1, 0.15) is 5.76 Å². The normalized spacial score (nSPS) is 17.2. The second-order valence-corrected chi connectivity index (χ2v) is 7.40. The molecule has 1 aliphatic rings. The zero-order valence-electron chi connectivity index (χ0n) is 13.0. The predicted octanol–water partition coefficient (Wildman–Crippen LogP) is 3.96. The maximum atomic E-state index is 11.5. The first-order valence-electron chi connectivity index (χ1n) is 7.91. The van der Waals surface area contributed by atoms with Gasteiger partial charge in [0.25, 0.3) is 0 Å². The second-order valence-electron chi connectivity index (χ2n) is 6.02. The van der Waals surface area contributed by atoms with Crippen molar-refractivity contribution in [3.63, 3.8) is 0 Å². The summed E-state index contributed by atoms with van der Waals surface area (Å²) in [5.41, 5.74) is 1.27. The summed E-state index contributed by atoms with van der Waals surface area (Å²) in [6.07, 6.45) is 8.67. The average molecular weight is 317 g/mol. The fourth-order valence-electron chi connectivity index (χ4n) is 3.21. The first-order valence-corrected chi connectivity index (χ1v) is 9.47.